The van der Waals surface area contributed by atoms with Crippen molar-refractivity contribution in [2.24, 2.45) is 0 Å². The van der Waals surface area contributed by atoms with Gasteiger partial charge in [0.15, 0.2) is 0 Å². The van der Waals surface area contributed by atoms with Crippen LogP contribution in [0.25, 0.3) is 6.08 Å². The fourth-order valence-corrected chi connectivity index (χ4v) is 3.10. The first kappa shape index (κ1) is 18.0. The second-order valence-corrected chi connectivity index (χ2v) is 6.45. The van der Waals surface area contributed by atoms with Crippen LogP contribution in [0, 0.1) is 24.1 Å². The minimum absolute atomic E-state index is 0.0761. The monoisotopic (exact) mass is 365 g/mol. The van der Waals surface area contributed by atoms with E-state index < -0.39 is 11.8 Å². The van der Waals surface area contributed by atoms with Crippen molar-refractivity contribution in [3.63, 3.8) is 0 Å². The van der Waals surface area contributed by atoms with E-state index in [-0.39, 0.29) is 17.2 Å². The topological polar surface area (TPSA) is 59.3 Å². The smallest absolute Gasteiger partial charge is 0.348 e. The van der Waals surface area contributed by atoms with Gasteiger partial charge in [-0.05, 0) is 37.3 Å². The van der Waals surface area contributed by atoms with Crippen LogP contribution >= 0.6 is 22.9 Å². The van der Waals surface area contributed by atoms with Crippen LogP contribution in [-0.4, -0.2) is 13.1 Å². The number of thiophene rings is 1. The van der Waals surface area contributed by atoms with E-state index in [1.54, 1.807) is 0 Å². The first-order chi connectivity index (χ1) is 11.4. The number of benzene rings is 1. The lowest BCUT2D eigenvalue weighted by molar-refractivity contribution is -0.135. The van der Waals surface area contributed by atoms with Crippen molar-refractivity contribution in [1.82, 2.24) is 0 Å². The highest BCUT2D eigenvalue weighted by molar-refractivity contribution is 7.13. The number of carbonyl (C=O) groups excluding carboxylic acids is 1. The first-order valence-electron chi connectivity index (χ1n) is 6.82. The van der Waals surface area contributed by atoms with Gasteiger partial charge in [-0.25, -0.2) is 9.18 Å². The standard InChI is InChI=1S/C17H13ClFNO3S/c1-10-12(9-23-16-4-3-13(19)7-15(16)18)6-14(24-10)5-11(8-20)17(21)22-2/h3-7H,9H2,1-2H3/b11-5+. The van der Waals surface area contributed by atoms with Gasteiger partial charge in [0.2, 0.25) is 0 Å². The lowest BCUT2D eigenvalue weighted by Gasteiger charge is -2.07. The zero-order valence-corrected chi connectivity index (χ0v) is 14.5. The molecule has 1 aromatic heterocycles. The molecule has 2 aromatic rings. The molecule has 0 spiro atoms. The maximum atomic E-state index is 13.0. The summed E-state index contributed by atoms with van der Waals surface area (Å²) in [6.07, 6.45) is 1.47. The zero-order valence-electron chi connectivity index (χ0n) is 12.9. The molecule has 0 aliphatic carbocycles. The largest absolute Gasteiger partial charge is 0.487 e. The summed E-state index contributed by atoms with van der Waals surface area (Å²) < 4.78 is 23.2. The van der Waals surface area contributed by atoms with Crippen LogP contribution in [0.3, 0.4) is 0 Å². The van der Waals surface area contributed by atoms with Crippen LogP contribution in [0.2, 0.25) is 5.02 Å². The number of halogens is 2. The van der Waals surface area contributed by atoms with Gasteiger partial charge >= 0.3 is 5.97 Å². The Morgan fingerprint density at radius 2 is 2.21 bits per heavy atom. The molecule has 0 saturated heterocycles. The normalized spacial score (nSPS) is 11.0. The van der Waals surface area contributed by atoms with E-state index in [2.05, 4.69) is 4.74 Å². The number of nitrogens with zero attached hydrogens (tertiary/aromatic N) is 1. The fourth-order valence-electron chi connectivity index (χ4n) is 1.90. The molecule has 1 heterocycles. The minimum atomic E-state index is -0.681. The van der Waals surface area contributed by atoms with E-state index in [4.69, 9.17) is 21.6 Å². The van der Waals surface area contributed by atoms with Gasteiger partial charge < -0.3 is 9.47 Å². The Labute approximate surface area is 147 Å². The third-order valence-electron chi connectivity index (χ3n) is 3.13. The predicted molar refractivity (Wildman–Crippen MR) is 90.4 cm³/mol. The summed E-state index contributed by atoms with van der Waals surface area (Å²) in [6.45, 7) is 2.14. The molecule has 0 radical (unpaired) electrons. The van der Waals surface area contributed by atoms with Gasteiger partial charge in [0.05, 0.1) is 12.1 Å². The van der Waals surface area contributed by atoms with Crippen LogP contribution in [0.1, 0.15) is 15.3 Å². The molecule has 0 unspecified atom stereocenters. The third-order valence-corrected chi connectivity index (χ3v) is 4.46. The number of methoxy groups -OCH3 is 1. The molecule has 0 fully saturated rings. The van der Waals surface area contributed by atoms with Crippen molar-refractivity contribution >= 4 is 35.0 Å². The Morgan fingerprint density at radius 1 is 1.46 bits per heavy atom. The van der Waals surface area contributed by atoms with E-state index in [1.165, 1.54) is 42.7 Å². The molecule has 4 nitrogen and oxygen atoms in total. The van der Waals surface area contributed by atoms with Crippen molar-refractivity contribution in [1.29, 1.82) is 5.26 Å². The number of hydrogen-bond acceptors (Lipinski definition) is 5. The summed E-state index contributed by atoms with van der Waals surface area (Å²) in [5, 5.41) is 9.18. The highest BCUT2D eigenvalue weighted by Gasteiger charge is 2.12. The number of esters is 1. The maximum absolute atomic E-state index is 13.0. The Hall–Kier alpha value is -2.36. The Balaban J connectivity index is 2.16. The van der Waals surface area contributed by atoms with Gasteiger partial charge in [0.25, 0.3) is 0 Å². The summed E-state index contributed by atoms with van der Waals surface area (Å²) in [5.41, 5.74) is 0.807. The second kappa shape index (κ2) is 7.95. The molecule has 2 rings (SSSR count). The van der Waals surface area contributed by atoms with Gasteiger partial charge in [0, 0.05) is 15.3 Å². The van der Waals surface area contributed by atoms with Crippen LogP contribution < -0.4 is 4.74 Å². The van der Waals surface area contributed by atoms with Crippen LogP contribution in [0.5, 0.6) is 5.75 Å². The van der Waals surface area contributed by atoms with Crippen molar-refractivity contribution in [2.45, 2.75) is 13.5 Å². The molecule has 0 atom stereocenters. The van der Waals surface area contributed by atoms with Crippen LogP contribution in [0.4, 0.5) is 4.39 Å². The van der Waals surface area contributed by atoms with Gasteiger partial charge in [-0.3, -0.25) is 0 Å². The quantitative estimate of drug-likeness (QED) is 0.444. The predicted octanol–water partition coefficient (Wildman–Crippen LogP) is 4.51. The Morgan fingerprint density at radius 3 is 2.83 bits per heavy atom. The number of ether oxygens (including phenoxy) is 2. The average Bonchev–Trinajstić information content (AvgIpc) is 2.90. The van der Waals surface area contributed by atoms with E-state index in [0.29, 0.717) is 5.75 Å². The van der Waals surface area contributed by atoms with Crippen molar-refractivity contribution in [2.75, 3.05) is 7.11 Å². The van der Waals surface area contributed by atoms with E-state index >= 15 is 0 Å². The molecule has 24 heavy (non-hydrogen) atoms. The number of rotatable bonds is 5. The van der Waals surface area contributed by atoms with Gasteiger partial charge in [-0.1, -0.05) is 11.6 Å². The summed E-state index contributed by atoms with van der Waals surface area (Å²) in [7, 11) is 1.22. The Bertz CT molecular complexity index is 839. The minimum Gasteiger partial charge on any atom is -0.487 e. The number of nitriles is 1. The molecular weight excluding hydrogens is 353 g/mol. The summed E-state index contributed by atoms with van der Waals surface area (Å²) in [5.74, 6) is -0.731. The second-order valence-electron chi connectivity index (χ2n) is 4.76. The first-order valence-corrected chi connectivity index (χ1v) is 8.01. The third kappa shape index (κ3) is 4.34. The van der Waals surface area contributed by atoms with Crippen molar-refractivity contribution in [3.8, 4) is 11.8 Å². The Kier molecular flexibility index (Phi) is 5.96. The van der Waals surface area contributed by atoms with Gasteiger partial charge in [-0.2, -0.15) is 5.26 Å². The summed E-state index contributed by atoms with van der Waals surface area (Å²) in [6, 6.07) is 7.54. The van der Waals surface area contributed by atoms with Gasteiger partial charge in [0.1, 0.15) is 29.8 Å². The zero-order chi connectivity index (χ0) is 17.7. The molecule has 0 aliphatic rings. The molecule has 0 bridgehead atoms. The van der Waals surface area contributed by atoms with Crippen LogP contribution in [-0.2, 0) is 16.1 Å². The summed E-state index contributed by atoms with van der Waals surface area (Å²) >= 11 is 7.34. The molecule has 124 valence electrons. The lowest BCUT2D eigenvalue weighted by Crippen LogP contribution is -2.02. The summed E-state index contributed by atoms with van der Waals surface area (Å²) in [4.78, 5) is 13.1. The lowest BCUT2D eigenvalue weighted by atomic mass is 10.2. The van der Waals surface area contributed by atoms with Crippen molar-refractivity contribution < 1.29 is 18.7 Å². The molecular formula is C17H13ClFNO3S. The number of aryl methyl sites for hydroxylation is 1. The molecule has 0 N–H and O–H groups in total. The highest BCUT2D eigenvalue weighted by atomic mass is 35.5. The molecule has 0 saturated carbocycles. The highest BCUT2D eigenvalue weighted by Crippen LogP contribution is 2.28. The van der Waals surface area contributed by atoms with E-state index in [0.717, 1.165) is 15.3 Å². The molecule has 1 aromatic carbocycles. The maximum Gasteiger partial charge on any atom is 0.348 e. The van der Waals surface area contributed by atoms with E-state index in [1.807, 2.05) is 19.1 Å². The molecule has 0 aliphatic heterocycles. The SMILES string of the molecule is COC(=O)/C(C#N)=C/c1cc(COc2ccc(F)cc2Cl)c(C)s1. The molecule has 0 amide bonds. The van der Waals surface area contributed by atoms with Crippen LogP contribution in [0.15, 0.2) is 29.8 Å². The number of carbonyl (C=O) groups is 1. The number of hydrogen-bond donors (Lipinski definition) is 0. The van der Waals surface area contributed by atoms with E-state index in [9.17, 15) is 9.18 Å². The van der Waals surface area contributed by atoms with Crippen molar-refractivity contribution in [3.05, 3.63) is 56.0 Å². The molecule has 7 heteroatoms. The fraction of sp³-hybridized carbons (Fsp3) is 0.176. The average molecular weight is 366 g/mol. The van der Waals surface area contributed by atoms with Gasteiger partial charge in [-0.15, -0.1) is 11.3 Å².